The van der Waals surface area contributed by atoms with Gasteiger partial charge in [-0.3, -0.25) is 0 Å². The predicted molar refractivity (Wildman–Crippen MR) is 83.9 cm³/mol. The van der Waals surface area contributed by atoms with Crippen LogP contribution < -0.4 is 5.32 Å². The second-order valence-corrected chi connectivity index (χ2v) is 5.86. The molecule has 2 aromatic carbocycles. The Balaban J connectivity index is 2.13. The maximum Gasteiger partial charge on any atom is 0.123 e. The lowest BCUT2D eigenvalue weighted by atomic mass is 9.96. The number of hydrogen-bond acceptors (Lipinski definition) is 2. The van der Waals surface area contributed by atoms with E-state index in [2.05, 4.69) is 19.2 Å². The van der Waals surface area contributed by atoms with Crippen LogP contribution in [0.2, 0.25) is 5.02 Å². The molecule has 0 fully saturated rings. The average molecular weight is 308 g/mol. The van der Waals surface area contributed by atoms with Gasteiger partial charge in [0.05, 0.1) is 0 Å². The molecule has 1 unspecified atom stereocenters. The first-order valence-electron chi connectivity index (χ1n) is 6.93. The summed E-state index contributed by atoms with van der Waals surface area (Å²) < 4.78 is 13.2. The first-order chi connectivity index (χ1) is 9.97. The number of phenols is 1. The maximum absolute atomic E-state index is 13.2. The number of phenolic OH excluding ortho intramolecular Hbond substituents is 1. The van der Waals surface area contributed by atoms with Crippen LogP contribution in [-0.2, 0) is 6.54 Å². The molecule has 0 saturated heterocycles. The first-order valence-corrected chi connectivity index (χ1v) is 7.31. The highest BCUT2D eigenvalue weighted by atomic mass is 35.5. The van der Waals surface area contributed by atoms with Gasteiger partial charge in [0, 0.05) is 23.2 Å². The number of nitrogens with one attached hydrogen (secondary N) is 1. The molecule has 0 heterocycles. The molecule has 0 aliphatic rings. The molecule has 0 amide bonds. The minimum Gasteiger partial charge on any atom is -0.508 e. The molecule has 0 spiro atoms. The Hall–Kier alpha value is -1.58. The van der Waals surface area contributed by atoms with E-state index in [0.29, 0.717) is 23.0 Å². The summed E-state index contributed by atoms with van der Waals surface area (Å²) in [7, 11) is 0. The molecule has 4 heteroatoms. The van der Waals surface area contributed by atoms with Crippen molar-refractivity contribution in [3.8, 4) is 5.75 Å². The minimum absolute atomic E-state index is 0.0995. The lowest BCUT2D eigenvalue weighted by Gasteiger charge is -2.23. The van der Waals surface area contributed by atoms with Gasteiger partial charge in [-0.25, -0.2) is 4.39 Å². The fourth-order valence-corrected chi connectivity index (χ4v) is 2.45. The molecule has 1 atom stereocenters. The SMILES string of the molecule is CC(C)C(NCc1cc(F)ccc1O)c1ccc(Cl)cc1. The van der Waals surface area contributed by atoms with Gasteiger partial charge in [0.1, 0.15) is 11.6 Å². The monoisotopic (exact) mass is 307 g/mol. The van der Waals surface area contributed by atoms with E-state index >= 15 is 0 Å². The van der Waals surface area contributed by atoms with Gasteiger partial charge in [0.15, 0.2) is 0 Å². The van der Waals surface area contributed by atoms with Crippen LogP contribution in [0.5, 0.6) is 5.75 Å². The summed E-state index contributed by atoms with van der Waals surface area (Å²) in [5.41, 5.74) is 1.67. The quantitative estimate of drug-likeness (QED) is 0.841. The Labute approximate surface area is 129 Å². The van der Waals surface area contributed by atoms with E-state index < -0.39 is 0 Å². The second-order valence-electron chi connectivity index (χ2n) is 5.43. The summed E-state index contributed by atoms with van der Waals surface area (Å²) in [6.45, 7) is 4.62. The van der Waals surface area contributed by atoms with E-state index in [1.165, 1.54) is 18.2 Å². The Morgan fingerprint density at radius 2 is 1.81 bits per heavy atom. The summed E-state index contributed by atoms with van der Waals surface area (Å²) in [4.78, 5) is 0. The second kappa shape index (κ2) is 6.92. The van der Waals surface area contributed by atoms with Crippen LogP contribution in [0.15, 0.2) is 42.5 Å². The van der Waals surface area contributed by atoms with Crippen LogP contribution in [-0.4, -0.2) is 5.11 Å². The molecule has 0 aliphatic carbocycles. The summed E-state index contributed by atoms with van der Waals surface area (Å²) in [5, 5.41) is 13.8. The topological polar surface area (TPSA) is 32.3 Å². The van der Waals surface area contributed by atoms with E-state index in [-0.39, 0.29) is 17.6 Å². The van der Waals surface area contributed by atoms with E-state index in [0.717, 1.165) is 5.56 Å². The molecule has 112 valence electrons. The van der Waals surface area contributed by atoms with Crippen molar-refractivity contribution in [3.63, 3.8) is 0 Å². The van der Waals surface area contributed by atoms with Crippen LogP contribution in [0.3, 0.4) is 0 Å². The van der Waals surface area contributed by atoms with Crippen molar-refractivity contribution in [2.45, 2.75) is 26.4 Å². The van der Waals surface area contributed by atoms with Crippen LogP contribution in [0.1, 0.15) is 31.0 Å². The van der Waals surface area contributed by atoms with E-state index in [9.17, 15) is 9.50 Å². The zero-order chi connectivity index (χ0) is 15.4. The van der Waals surface area contributed by atoms with Gasteiger partial charge in [-0.1, -0.05) is 37.6 Å². The molecule has 2 nitrogen and oxygen atoms in total. The molecule has 0 aliphatic heterocycles. The molecule has 0 bridgehead atoms. The molecule has 0 aromatic heterocycles. The van der Waals surface area contributed by atoms with Crippen molar-refractivity contribution in [2.75, 3.05) is 0 Å². The highest BCUT2D eigenvalue weighted by Crippen LogP contribution is 2.25. The standard InChI is InChI=1S/C17H19ClFNO/c1-11(2)17(12-3-5-14(18)6-4-12)20-10-13-9-15(19)7-8-16(13)21/h3-9,11,17,20-21H,10H2,1-2H3. The fourth-order valence-electron chi connectivity index (χ4n) is 2.32. The van der Waals surface area contributed by atoms with Gasteiger partial charge >= 0.3 is 0 Å². The highest BCUT2D eigenvalue weighted by molar-refractivity contribution is 6.30. The number of aromatic hydroxyl groups is 1. The van der Waals surface area contributed by atoms with Crippen molar-refractivity contribution in [2.24, 2.45) is 5.92 Å². The third kappa shape index (κ3) is 4.19. The third-order valence-corrected chi connectivity index (χ3v) is 3.70. The van der Waals surface area contributed by atoms with Crippen LogP contribution >= 0.6 is 11.6 Å². The number of hydrogen-bond donors (Lipinski definition) is 2. The molecule has 21 heavy (non-hydrogen) atoms. The largest absolute Gasteiger partial charge is 0.508 e. The van der Waals surface area contributed by atoms with Crippen molar-refractivity contribution >= 4 is 11.6 Å². The molecular formula is C17H19ClFNO. The molecule has 0 radical (unpaired) electrons. The van der Waals surface area contributed by atoms with Crippen LogP contribution in [0.25, 0.3) is 0 Å². The number of halogens is 2. The lowest BCUT2D eigenvalue weighted by molar-refractivity contribution is 0.401. The van der Waals surface area contributed by atoms with Gasteiger partial charge in [-0.05, 0) is 41.8 Å². The highest BCUT2D eigenvalue weighted by Gasteiger charge is 2.16. The van der Waals surface area contributed by atoms with E-state index in [1.807, 2.05) is 24.3 Å². The van der Waals surface area contributed by atoms with Gasteiger partial charge in [-0.15, -0.1) is 0 Å². The Bertz CT molecular complexity index is 598. The van der Waals surface area contributed by atoms with E-state index in [4.69, 9.17) is 11.6 Å². The van der Waals surface area contributed by atoms with Crippen molar-refractivity contribution in [1.29, 1.82) is 0 Å². The van der Waals surface area contributed by atoms with E-state index in [1.54, 1.807) is 0 Å². The van der Waals surface area contributed by atoms with Gasteiger partial charge in [0.25, 0.3) is 0 Å². The third-order valence-electron chi connectivity index (χ3n) is 3.45. The molecule has 0 saturated carbocycles. The van der Waals surface area contributed by atoms with Gasteiger partial charge < -0.3 is 10.4 Å². The first kappa shape index (κ1) is 15.8. The maximum atomic E-state index is 13.2. The smallest absolute Gasteiger partial charge is 0.123 e. The number of benzene rings is 2. The fraction of sp³-hybridized carbons (Fsp3) is 0.294. The molecule has 2 rings (SSSR count). The van der Waals surface area contributed by atoms with Crippen LogP contribution in [0.4, 0.5) is 4.39 Å². The van der Waals surface area contributed by atoms with Crippen molar-refractivity contribution < 1.29 is 9.50 Å². The zero-order valence-corrected chi connectivity index (χ0v) is 12.9. The summed E-state index contributed by atoms with van der Waals surface area (Å²) >= 11 is 5.91. The van der Waals surface area contributed by atoms with Gasteiger partial charge in [-0.2, -0.15) is 0 Å². The summed E-state index contributed by atoms with van der Waals surface area (Å²) in [6.07, 6.45) is 0. The lowest BCUT2D eigenvalue weighted by Crippen LogP contribution is -2.25. The molecular weight excluding hydrogens is 289 g/mol. The van der Waals surface area contributed by atoms with Crippen LogP contribution in [0, 0.1) is 11.7 Å². The average Bonchev–Trinajstić information content (AvgIpc) is 2.44. The van der Waals surface area contributed by atoms with Gasteiger partial charge in [0.2, 0.25) is 0 Å². The predicted octanol–water partition coefficient (Wildman–Crippen LogP) is 4.67. The Morgan fingerprint density at radius 3 is 2.43 bits per heavy atom. The summed E-state index contributed by atoms with van der Waals surface area (Å²) in [5.74, 6) is 0.0987. The zero-order valence-electron chi connectivity index (χ0n) is 12.1. The Morgan fingerprint density at radius 1 is 1.14 bits per heavy atom. The molecule has 2 aromatic rings. The summed E-state index contributed by atoms with van der Waals surface area (Å²) in [6, 6.07) is 11.7. The number of rotatable bonds is 5. The van der Waals surface area contributed by atoms with Crippen molar-refractivity contribution in [3.05, 3.63) is 64.4 Å². The normalized spacial score (nSPS) is 12.6. The van der Waals surface area contributed by atoms with Crippen molar-refractivity contribution in [1.82, 2.24) is 5.32 Å². The Kier molecular flexibility index (Phi) is 5.21. The molecule has 2 N–H and O–H groups in total. The minimum atomic E-state index is -0.350.